The van der Waals surface area contributed by atoms with Gasteiger partial charge in [0.15, 0.2) is 0 Å². The van der Waals surface area contributed by atoms with Crippen molar-refractivity contribution in [2.45, 2.75) is 39.7 Å². The number of carboxylic acids is 1. The van der Waals surface area contributed by atoms with Gasteiger partial charge < -0.3 is 15.7 Å². The number of nitrogens with zero attached hydrogens (tertiary/aromatic N) is 1. The maximum atomic E-state index is 12.1. The number of aliphatic carboxylic acids is 1. The molecule has 1 atom stereocenters. The van der Waals surface area contributed by atoms with Gasteiger partial charge in [0, 0.05) is 17.2 Å². The number of nitro groups is 1. The highest BCUT2D eigenvalue weighted by Crippen LogP contribution is 2.21. The van der Waals surface area contributed by atoms with Crippen LogP contribution in [-0.4, -0.2) is 39.9 Å². The number of rotatable bonds is 8. The van der Waals surface area contributed by atoms with Crippen LogP contribution in [0, 0.1) is 23.0 Å². The van der Waals surface area contributed by atoms with Crippen LogP contribution >= 0.6 is 0 Å². The Morgan fingerprint density at radius 2 is 1.92 bits per heavy atom. The van der Waals surface area contributed by atoms with Gasteiger partial charge >= 0.3 is 5.97 Å². The molecule has 1 aromatic rings. The minimum atomic E-state index is -1.04. The van der Waals surface area contributed by atoms with Crippen molar-refractivity contribution in [1.29, 1.82) is 0 Å². The molecule has 0 heterocycles. The summed E-state index contributed by atoms with van der Waals surface area (Å²) in [6.07, 6.45) is -0.244. The van der Waals surface area contributed by atoms with Crippen molar-refractivity contribution in [2.75, 3.05) is 6.54 Å². The number of nitrogens with one attached hydrogen (secondary N) is 2. The van der Waals surface area contributed by atoms with Crippen LogP contribution in [0.1, 0.15) is 43.1 Å². The Hall–Kier alpha value is -2.97. The van der Waals surface area contributed by atoms with E-state index in [2.05, 4.69) is 10.6 Å². The monoisotopic (exact) mass is 365 g/mol. The van der Waals surface area contributed by atoms with Gasteiger partial charge in [-0.05, 0) is 31.9 Å². The van der Waals surface area contributed by atoms with Crippen molar-refractivity contribution < 1.29 is 24.4 Å². The summed E-state index contributed by atoms with van der Waals surface area (Å²) in [5.41, 5.74) is -0.517. The summed E-state index contributed by atoms with van der Waals surface area (Å²) in [7, 11) is 0. The van der Waals surface area contributed by atoms with Crippen LogP contribution in [0.4, 0.5) is 5.69 Å². The van der Waals surface area contributed by atoms with Crippen molar-refractivity contribution in [1.82, 2.24) is 10.6 Å². The lowest BCUT2D eigenvalue weighted by Gasteiger charge is -2.33. The normalized spacial score (nSPS) is 13.0. The molecule has 0 aromatic heterocycles. The van der Waals surface area contributed by atoms with Crippen LogP contribution in [0.2, 0.25) is 0 Å². The van der Waals surface area contributed by atoms with E-state index >= 15 is 0 Å². The molecule has 0 radical (unpaired) electrons. The molecule has 1 aromatic carbocycles. The molecule has 9 heteroatoms. The topological polar surface area (TPSA) is 139 Å². The van der Waals surface area contributed by atoms with Gasteiger partial charge in [-0.25, -0.2) is 0 Å². The summed E-state index contributed by atoms with van der Waals surface area (Å²) in [5.74, 6) is -2.24. The van der Waals surface area contributed by atoms with Crippen LogP contribution in [0.5, 0.6) is 0 Å². The summed E-state index contributed by atoms with van der Waals surface area (Å²) >= 11 is 0. The quantitative estimate of drug-likeness (QED) is 0.473. The first-order chi connectivity index (χ1) is 12.0. The third-order valence-corrected chi connectivity index (χ3v) is 4.28. The van der Waals surface area contributed by atoms with Gasteiger partial charge in [0.05, 0.1) is 23.4 Å². The largest absolute Gasteiger partial charge is 0.481 e. The molecule has 2 amide bonds. The number of carbonyl (C=O) groups is 3. The first-order valence-electron chi connectivity index (χ1n) is 8.02. The Bertz CT molecular complexity index is 731. The fourth-order valence-electron chi connectivity index (χ4n) is 2.33. The molecule has 0 spiro atoms. The zero-order chi connectivity index (χ0) is 20.1. The fraction of sp³-hybridized carbons (Fsp3) is 0.471. The fourth-order valence-corrected chi connectivity index (χ4v) is 2.33. The van der Waals surface area contributed by atoms with E-state index in [4.69, 9.17) is 5.11 Å². The van der Waals surface area contributed by atoms with Crippen LogP contribution in [0.3, 0.4) is 0 Å². The minimum absolute atomic E-state index is 0.0966. The molecule has 0 bridgehead atoms. The van der Waals surface area contributed by atoms with Gasteiger partial charge in [0.1, 0.15) is 0 Å². The Morgan fingerprint density at radius 3 is 2.38 bits per heavy atom. The lowest BCUT2D eigenvalue weighted by atomic mass is 9.85. The number of benzene rings is 1. The number of carbonyl (C=O) groups excluding carboxylic acids is 2. The van der Waals surface area contributed by atoms with E-state index in [1.807, 2.05) is 0 Å². The van der Waals surface area contributed by atoms with Gasteiger partial charge in [-0.3, -0.25) is 24.5 Å². The van der Waals surface area contributed by atoms with Crippen molar-refractivity contribution in [3.63, 3.8) is 0 Å². The summed E-state index contributed by atoms with van der Waals surface area (Å²) in [5, 5.41) is 24.9. The van der Waals surface area contributed by atoms with Crippen LogP contribution in [0.15, 0.2) is 18.2 Å². The number of amides is 2. The van der Waals surface area contributed by atoms with Gasteiger partial charge in [-0.15, -0.1) is 0 Å². The van der Waals surface area contributed by atoms with Crippen molar-refractivity contribution in [2.24, 2.45) is 5.92 Å². The SMILES string of the molecule is Cc1cc(C(=O)NCC(=O)NC(C)(CC(=O)O)C(C)C)ccc1[N+](=O)[O-]. The van der Waals surface area contributed by atoms with Crippen molar-refractivity contribution in [3.05, 3.63) is 39.4 Å². The van der Waals surface area contributed by atoms with Crippen molar-refractivity contribution >= 4 is 23.5 Å². The van der Waals surface area contributed by atoms with E-state index in [0.717, 1.165) is 0 Å². The number of aryl methyl sites for hydroxylation is 1. The number of hydrogen-bond donors (Lipinski definition) is 3. The zero-order valence-corrected chi connectivity index (χ0v) is 15.2. The number of nitro benzene ring substituents is 1. The standard InChI is InChI=1S/C17H23N3O6/c1-10(2)17(4,8-15(22)23)19-14(21)9-18-16(24)12-5-6-13(20(25)26)11(3)7-12/h5-7,10H,8-9H2,1-4H3,(H,18,24)(H,19,21)(H,22,23). The molecule has 3 N–H and O–H groups in total. The number of hydrogen-bond acceptors (Lipinski definition) is 5. The molecule has 0 saturated carbocycles. The van der Waals surface area contributed by atoms with E-state index in [1.165, 1.54) is 25.1 Å². The van der Waals surface area contributed by atoms with E-state index in [0.29, 0.717) is 5.56 Å². The van der Waals surface area contributed by atoms with E-state index < -0.39 is 28.2 Å². The molecule has 0 aliphatic rings. The lowest BCUT2D eigenvalue weighted by Crippen LogP contribution is -2.53. The smallest absolute Gasteiger partial charge is 0.305 e. The molecule has 0 fully saturated rings. The zero-order valence-electron chi connectivity index (χ0n) is 15.2. The molecule has 142 valence electrons. The predicted molar refractivity (Wildman–Crippen MR) is 93.8 cm³/mol. The second-order valence-electron chi connectivity index (χ2n) is 6.63. The maximum absolute atomic E-state index is 12.1. The van der Waals surface area contributed by atoms with Crippen LogP contribution in [-0.2, 0) is 9.59 Å². The van der Waals surface area contributed by atoms with E-state index in [1.54, 1.807) is 20.8 Å². The first-order valence-corrected chi connectivity index (χ1v) is 8.02. The van der Waals surface area contributed by atoms with Gasteiger partial charge in [0.2, 0.25) is 5.91 Å². The maximum Gasteiger partial charge on any atom is 0.305 e. The first kappa shape index (κ1) is 21.1. The van der Waals surface area contributed by atoms with Gasteiger partial charge in [0.25, 0.3) is 11.6 Å². The molecular weight excluding hydrogens is 342 g/mol. The van der Waals surface area contributed by atoms with E-state index in [9.17, 15) is 24.5 Å². The highest BCUT2D eigenvalue weighted by atomic mass is 16.6. The third-order valence-electron chi connectivity index (χ3n) is 4.28. The summed E-state index contributed by atoms with van der Waals surface area (Å²) in [4.78, 5) is 45.4. The average Bonchev–Trinajstić information content (AvgIpc) is 2.51. The summed E-state index contributed by atoms with van der Waals surface area (Å²) < 4.78 is 0. The number of carboxylic acid groups (broad SMARTS) is 1. The lowest BCUT2D eigenvalue weighted by molar-refractivity contribution is -0.385. The van der Waals surface area contributed by atoms with Crippen LogP contribution < -0.4 is 10.6 Å². The molecule has 0 saturated heterocycles. The summed E-state index contributed by atoms with van der Waals surface area (Å²) in [6.45, 7) is 6.40. The third kappa shape index (κ3) is 5.54. The second kappa shape index (κ2) is 8.41. The molecule has 1 unspecified atom stereocenters. The van der Waals surface area contributed by atoms with Crippen LogP contribution in [0.25, 0.3) is 0 Å². The Labute approximate surface area is 150 Å². The van der Waals surface area contributed by atoms with Gasteiger partial charge in [-0.2, -0.15) is 0 Å². The molecule has 0 aliphatic heterocycles. The average molecular weight is 365 g/mol. The highest BCUT2D eigenvalue weighted by Gasteiger charge is 2.32. The Morgan fingerprint density at radius 1 is 1.31 bits per heavy atom. The molecule has 9 nitrogen and oxygen atoms in total. The molecule has 26 heavy (non-hydrogen) atoms. The Balaban J connectivity index is 2.72. The molecule has 0 aliphatic carbocycles. The second-order valence-corrected chi connectivity index (χ2v) is 6.63. The minimum Gasteiger partial charge on any atom is -0.481 e. The predicted octanol–water partition coefficient (Wildman–Crippen LogP) is 1.64. The van der Waals surface area contributed by atoms with Crippen molar-refractivity contribution in [3.8, 4) is 0 Å². The Kier molecular flexibility index (Phi) is 6.82. The highest BCUT2D eigenvalue weighted by molar-refractivity contribution is 5.97. The molecular formula is C17H23N3O6. The molecule has 1 rings (SSSR count). The summed E-state index contributed by atoms with van der Waals surface area (Å²) in [6, 6.07) is 3.90. The van der Waals surface area contributed by atoms with E-state index in [-0.39, 0.29) is 30.1 Å². The van der Waals surface area contributed by atoms with Gasteiger partial charge in [-0.1, -0.05) is 13.8 Å².